The molecule has 0 unspecified atom stereocenters. The van der Waals surface area contributed by atoms with Crippen LogP contribution in [-0.2, 0) is 14.3 Å². The van der Waals surface area contributed by atoms with Gasteiger partial charge in [-0.15, -0.1) is 0 Å². The third-order valence-corrected chi connectivity index (χ3v) is 5.06. The van der Waals surface area contributed by atoms with Crippen LogP contribution < -0.4 is 20.7 Å². The molecule has 0 radical (unpaired) electrons. The number of likely N-dealkylation sites (N-methyl/N-ethyl adjacent to an activating group) is 1. The van der Waals surface area contributed by atoms with Crippen molar-refractivity contribution in [2.75, 3.05) is 55.8 Å². The highest BCUT2D eigenvalue weighted by Gasteiger charge is 2.28. The fraction of sp³-hybridized carbons (Fsp3) is 0.409. The number of carbonyl (C=O) groups is 1. The molecule has 1 saturated heterocycles. The van der Waals surface area contributed by atoms with Gasteiger partial charge in [0.15, 0.2) is 0 Å². The van der Waals surface area contributed by atoms with Gasteiger partial charge in [-0.3, -0.25) is 9.59 Å². The summed E-state index contributed by atoms with van der Waals surface area (Å²) in [4.78, 5) is 39.9. The first-order chi connectivity index (χ1) is 13.9. The Balaban J connectivity index is 1.72. The molecule has 7 heteroatoms. The molecule has 154 valence electrons. The third-order valence-electron chi connectivity index (χ3n) is 5.06. The fourth-order valence-electron chi connectivity index (χ4n) is 3.42. The quantitative estimate of drug-likeness (QED) is 0.381. The van der Waals surface area contributed by atoms with Gasteiger partial charge in [-0.25, -0.2) is 4.79 Å². The standard InChI is InChI=1S/C22H26N2O5/c1-4-23(11-14-29-22(27)15(2)3)17-7-5-16(6-8-17)18-19(21(26)20(18)25)24-9-12-28-13-10-24/h5-8H,2,4,9-14H2,1,3H3. The van der Waals surface area contributed by atoms with Crippen LogP contribution in [0.3, 0.4) is 0 Å². The van der Waals surface area contributed by atoms with Crippen molar-refractivity contribution in [3.8, 4) is 11.1 Å². The summed E-state index contributed by atoms with van der Waals surface area (Å²) in [5.74, 6) is -0.396. The lowest BCUT2D eigenvalue weighted by molar-refractivity contribution is -0.138. The second-order valence-corrected chi connectivity index (χ2v) is 7.02. The Kier molecular flexibility index (Phi) is 6.49. The second kappa shape index (κ2) is 9.05. The highest BCUT2D eigenvalue weighted by molar-refractivity contribution is 5.87. The predicted octanol–water partition coefficient (Wildman–Crippen LogP) is 1.73. The Morgan fingerprint density at radius 3 is 2.41 bits per heavy atom. The van der Waals surface area contributed by atoms with E-state index in [1.807, 2.05) is 36.1 Å². The fourth-order valence-corrected chi connectivity index (χ4v) is 3.42. The van der Waals surface area contributed by atoms with E-state index >= 15 is 0 Å². The number of carbonyl (C=O) groups excluding carboxylic acids is 1. The maximum absolute atomic E-state index is 12.2. The van der Waals surface area contributed by atoms with Crippen LogP contribution in [0.15, 0.2) is 46.0 Å². The summed E-state index contributed by atoms with van der Waals surface area (Å²) < 4.78 is 10.5. The van der Waals surface area contributed by atoms with E-state index in [0.29, 0.717) is 49.7 Å². The van der Waals surface area contributed by atoms with Gasteiger partial charge in [0.2, 0.25) is 10.9 Å². The van der Waals surface area contributed by atoms with E-state index in [0.717, 1.165) is 17.8 Å². The Labute approximate surface area is 169 Å². The summed E-state index contributed by atoms with van der Waals surface area (Å²) in [5, 5.41) is 0. The van der Waals surface area contributed by atoms with E-state index in [9.17, 15) is 14.4 Å². The van der Waals surface area contributed by atoms with E-state index in [1.54, 1.807) is 6.92 Å². The molecule has 1 aliphatic rings. The minimum atomic E-state index is -0.432. The molecule has 0 bridgehead atoms. The molecule has 0 N–H and O–H groups in total. The topological polar surface area (TPSA) is 76.2 Å². The number of esters is 1. The van der Waals surface area contributed by atoms with Crippen LogP contribution in [0.5, 0.6) is 0 Å². The minimum absolute atomic E-state index is 0.264. The number of ether oxygens (including phenoxy) is 2. The lowest BCUT2D eigenvalue weighted by Gasteiger charge is -2.31. The van der Waals surface area contributed by atoms with Crippen LogP contribution in [0.2, 0.25) is 0 Å². The van der Waals surface area contributed by atoms with Crippen LogP contribution in [0.25, 0.3) is 11.1 Å². The molecule has 0 aliphatic carbocycles. The van der Waals surface area contributed by atoms with Gasteiger partial charge in [-0.05, 0) is 31.5 Å². The molecule has 1 aliphatic heterocycles. The Bertz CT molecular complexity index is 951. The molecule has 2 aromatic carbocycles. The van der Waals surface area contributed by atoms with Crippen LogP contribution in [0.4, 0.5) is 11.4 Å². The predicted molar refractivity (Wildman–Crippen MR) is 113 cm³/mol. The van der Waals surface area contributed by atoms with Gasteiger partial charge in [0.25, 0.3) is 0 Å². The van der Waals surface area contributed by atoms with E-state index < -0.39 is 16.8 Å². The summed E-state index contributed by atoms with van der Waals surface area (Å²) in [5.41, 5.74) is 2.21. The van der Waals surface area contributed by atoms with E-state index in [-0.39, 0.29) is 6.61 Å². The van der Waals surface area contributed by atoms with Gasteiger partial charge < -0.3 is 19.3 Å². The maximum Gasteiger partial charge on any atom is 0.333 e. The zero-order valence-electron chi connectivity index (χ0n) is 16.9. The first kappa shape index (κ1) is 20.8. The number of hydrogen-bond donors (Lipinski definition) is 0. The average molecular weight is 398 g/mol. The molecular formula is C22H26N2O5. The van der Waals surface area contributed by atoms with Crippen LogP contribution >= 0.6 is 0 Å². The Morgan fingerprint density at radius 1 is 1.17 bits per heavy atom. The van der Waals surface area contributed by atoms with Gasteiger partial charge in [-0.2, -0.15) is 0 Å². The smallest absolute Gasteiger partial charge is 0.333 e. The summed E-state index contributed by atoms with van der Waals surface area (Å²) in [6.07, 6.45) is 0. The highest BCUT2D eigenvalue weighted by atomic mass is 16.5. The molecule has 0 amide bonds. The van der Waals surface area contributed by atoms with Crippen molar-refractivity contribution >= 4 is 17.3 Å². The molecule has 3 rings (SSSR count). The van der Waals surface area contributed by atoms with Crippen LogP contribution in [0.1, 0.15) is 13.8 Å². The molecule has 1 heterocycles. The monoisotopic (exact) mass is 398 g/mol. The lowest BCUT2D eigenvalue weighted by atomic mass is 9.97. The van der Waals surface area contributed by atoms with Crippen molar-refractivity contribution in [2.24, 2.45) is 0 Å². The summed E-state index contributed by atoms with van der Waals surface area (Å²) in [6.45, 7) is 11.1. The number of nitrogens with zero attached hydrogens (tertiary/aromatic N) is 2. The molecule has 1 fully saturated rings. The average Bonchev–Trinajstić information content (AvgIpc) is 2.75. The number of anilines is 2. The van der Waals surface area contributed by atoms with Crippen LogP contribution in [-0.4, -0.2) is 52.0 Å². The summed E-state index contributed by atoms with van der Waals surface area (Å²) >= 11 is 0. The summed E-state index contributed by atoms with van der Waals surface area (Å²) in [7, 11) is 0. The molecule has 0 aromatic heterocycles. The zero-order chi connectivity index (χ0) is 21.0. The van der Waals surface area contributed by atoms with Gasteiger partial charge in [0, 0.05) is 30.9 Å². The largest absolute Gasteiger partial charge is 0.460 e. The minimum Gasteiger partial charge on any atom is -0.460 e. The van der Waals surface area contributed by atoms with Crippen molar-refractivity contribution in [2.45, 2.75) is 13.8 Å². The molecule has 0 spiro atoms. The maximum atomic E-state index is 12.2. The van der Waals surface area contributed by atoms with E-state index in [2.05, 4.69) is 11.5 Å². The van der Waals surface area contributed by atoms with Crippen molar-refractivity contribution in [1.29, 1.82) is 0 Å². The number of morpholine rings is 1. The van der Waals surface area contributed by atoms with E-state index in [4.69, 9.17) is 9.47 Å². The summed E-state index contributed by atoms with van der Waals surface area (Å²) in [6, 6.07) is 7.55. The van der Waals surface area contributed by atoms with Crippen molar-refractivity contribution in [1.82, 2.24) is 0 Å². The molecule has 29 heavy (non-hydrogen) atoms. The normalized spacial score (nSPS) is 14.1. The van der Waals surface area contributed by atoms with Gasteiger partial charge in [0.05, 0.1) is 25.3 Å². The first-order valence-electron chi connectivity index (χ1n) is 9.78. The van der Waals surface area contributed by atoms with Gasteiger partial charge >= 0.3 is 5.97 Å². The van der Waals surface area contributed by atoms with Gasteiger partial charge in [0.1, 0.15) is 12.3 Å². The zero-order valence-corrected chi connectivity index (χ0v) is 16.9. The van der Waals surface area contributed by atoms with Crippen molar-refractivity contribution in [3.05, 3.63) is 56.9 Å². The lowest BCUT2D eigenvalue weighted by Crippen LogP contribution is -2.46. The third kappa shape index (κ3) is 4.40. The second-order valence-electron chi connectivity index (χ2n) is 7.02. The first-order valence-corrected chi connectivity index (χ1v) is 9.78. The Morgan fingerprint density at radius 2 is 1.83 bits per heavy atom. The molecular weight excluding hydrogens is 372 g/mol. The number of rotatable bonds is 8. The molecule has 2 aromatic rings. The molecule has 0 atom stereocenters. The van der Waals surface area contributed by atoms with E-state index in [1.165, 1.54) is 0 Å². The SMILES string of the molecule is C=C(C)C(=O)OCCN(CC)c1ccc(-c2c(N3CCOCC3)c(=O)c2=O)cc1. The molecule has 7 nitrogen and oxygen atoms in total. The highest BCUT2D eigenvalue weighted by Crippen LogP contribution is 2.29. The van der Waals surface area contributed by atoms with Crippen molar-refractivity contribution in [3.63, 3.8) is 0 Å². The van der Waals surface area contributed by atoms with Crippen LogP contribution in [0, 0.1) is 0 Å². The Hall–Kier alpha value is -2.93. The van der Waals surface area contributed by atoms with Gasteiger partial charge in [-0.1, -0.05) is 18.7 Å². The number of hydrogen-bond acceptors (Lipinski definition) is 7. The molecule has 0 saturated carbocycles. The number of benzene rings is 1. The van der Waals surface area contributed by atoms with Crippen molar-refractivity contribution < 1.29 is 14.3 Å².